The van der Waals surface area contributed by atoms with E-state index >= 15 is 0 Å². The third-order valence-electron chi connectivity index (χ3n) is 3.74. The molecule has 0 spiro atoms. The van der Waals surface area contributed by atoms with E-state index in [4.69, 9.17) is 23.7 Å². The summed E-state index contributed by atoms with van der Waals surface area (Å²) >= 11 is 0. The molecule has 7 heteroatoms. The Hall–Kier alpha value is -3.22. The van der Waals surface area contributed by atoms with E-state index in [1.807, 2.05) is 6.92 Å². The molecular weight excluding hydrogens is 352 g/mol. The molecule has 0 radical (unpaired) electrons. The second-order valence-corrected chi connectivity index (χ2v) is 5.36. The van der Waals surface area contributed by atoms with Crippen LogP contribution in [-0.4, -0.2) is 46.3 Å². The van der Waals surface area contributed by atoms with Crippen molar-refractivity contribution < 1.29 is 33.3 Å². The number of esters is 1. The van der Waals surface area contributed by atoms with Gasteiger partial charge >= 0.3 is 5.97 Å². The molecule has 0 fully saturated rings. The summed E-state index contributed by atoms with van der Waals surface area (Å²) in [7, 11) is 4.43. The topological polar surface area (TPSA) is 80.3 Å². The molecule has 0 aliphatic heterocycles. The summed E-state index contributed by atoms with van der Waals surface area (Å²) in [6, 6.07) is 9.50. The Bertz CT molecular complexity index is 814. The lowest BCUT2D eigenvalue weighted by molar-refractivity contribution is 0.0473. The highest BCUT2D eigenvalue weighted by atomic mass is 16.5. The van der Waals surface area contributed by atoms with Gasteiger partial charge in [0.1, 0.15) is 11.5 Å². The standard InChI is InChI=1S/C20H22O7/c1-5-26-18-8-6-13(10-19(18)25-4)20(22)27-12-16(21)15-11-14(23-2)7-9-17(15)24-3/h6-11H,5,12H2,1-4H3. The quantitative estimate of drug-likeness (QED) is 0.493. The van der Waals surface area contributed by atoms with Crippen molar-refractivity contribution in [1.82, 2.24) is 0 Å². The SMILES string of the molecule is CCOc1ccc(C(=O)OCC(=O)c2cc(OC)ccc2OC)cc1OC. The van der Waals surface area contributed by atoms with Crippen molar-refractivity contribution in [2.45, 2.75) is 6.92 Å². The molecule has 7 nitrogen and oxygen atoms in total. The van der Waals surface area contributed by atoms with Crippen molar-refractivity contribution in [2.24, 2.45) is 0 Å². The maximum atomic E-state index is 12.4. The Morgan fingerprint density at radius 2 is 1.56 bits per heavy atom. The van der Waals surface area contributed by atoms with Gasteiger partial charge in [0, 0.05) is 0 Å². The van der Waals surface area contributed by atoms with Gasteiger partial charge in [-0.05, 0) is 43.3 Å². The van der Waals surface area contributed by atoms with Gasteiger partial charge in [-0.1, -0.05) is 0 Å². The number of hydrogen-bond acceptors (Lipinski definition) is 7. The fourth-order valence-corrected chi connectivity index (χ4v) is 2.39. The van der Waals surface area contributed by atoms with E-state index in [1.165, 1.54) is 33.5 Å². The molecule has 0 aliphatic carbocycles. The van der Waals surface area contributed by atoms with Gasteiger partial charge in [0.25, 0.3) is 0 Å². The summed E-state index contributed by atoms with van der Waals surface area (Å²) in [5.41, 5.74) is 0.523. The molecule has 0 atom stereocenters. The normalized spacial score (nSPS) is 10.1. The van der Waals surface area contributed by atoms with Gasteiger partial charge < -0.3 is 23.7 Å². The lowest BCUT2D eigenvalue weighted by atomic mass is 10.1. The molecule has 144 valence electrons. The zero-order chi connectivity index (χ0) is 19.8. The average Bonchev–Trinajstić information content (AvgIpc) is 2.71. The van der Waals surface area contributed by atoms with Crippen LogP contribution in [0.25, 0.3) is 0 Å². The molecule has 27 heavy (non-hydrogen) atoms. The molecule has 2 rings (SSSR count). The zero-order valence-corrected chi connectivity index (χ0v) is 15.7. The second kappa shape index (κ2) is 9.47. The summed E-state index contributed by atoms with van der Waals surface area (Å²) in [6.07, 6.45) is 0. The fourth-order valence-electron chi connectivity index (χ4n) is 2.39. The molecule has 0 aromatic heterocycles. The molecule has 2 aromatic rings. The van der Waals surface area contributed by atoms with E-state index < -0.39 is 18.4 Å². The number of benzene rings is 2. The minimum absolute atomic E-state index is 0.251. The summed E-state index contributed by atoms with van der Waals surface area (Å²) in [6.45, 7) is 1.88. The van der Waals surface area contributed by atoms with Crippen molar-refractivity contribution in [3.8, 4) is 23.0 Å². The van der Waals surface area contributed by atoms with Gasteiger partial charge in [-0.3, -0.25) is 4.79 Å². The number of carbonyl (C=O) groups excluding carboxylic acids is 2. The summed E-state index contributed by atoms with van der Waals surface area (Å²) in [4.78, 5) is 24.7. The highest BCUT2D eigenvalue weighted by Crippen LogP contribution is 2.28. The lowest BCUT2D eigenvalue weighted by Crippen LogP contribution is -2.15. The lowest BCUT2D eigenvalue weighted by Gasteiger charge is -2.12. The van der Waals surface area contributed by atoms with E-state index in [1.54, 1.807) is 24.3 Å². The predicted molar refractivity (Wildman–Crippen MR) is 98.3 cm³/mol. The van der Waals surface area contributed by atoms with Crippen molar-refractivity contribution in [2.75, 3.05) is 34.5 Å². The van der Waals surface area contributed by atoms with Crippen LogP contribution in [-0.2, 0) is 4.74 Å². The Balaban J connectivity index is 2.10. The van der Waals surface area contributed by atoms with Crippen molar-refractivity contribution in [3.63, 3.8) is 0 Å². The first-order chi connectivity index (χ1) is 13.0. The first-order valence-electron chi connectivity index (χ1n) is 8.27. The van der Waals surface area contributed by atoms with Gasteiger partial charge in [-0.15, -0.1) is 0 Å². The van der Waals surface area contributed by atoms with Crippen LogP contribution in [0.1, 0.15) is 27.6 Å². The molecule has 0 saturated carbocycles. The first kappa shape index (κ1) is 20.1. The largest absolute Gasteiger partial charge is 0.497 e. The van der Waals surface area contributed by atoms with Crippen LogP contribution in [0.4, 0.5) is 0 Å². The number of carbonyl (C=O) groups is 2. The van der Waals surface area contributed by atoms with Crippen LogP contribution in [0.3, 0.4) is 0 Å². The van der Waals surface area contributed by atoms with Gasteiger partial charge in [-0.25, -0.2) is 4.79 Å². The Labute approximate surface area is 157 Å². The van der Waals surface area contributed by atoms with Crippen LogP contribution in [0.5, 0.6) is 23.0 Å². The number of rotatable bonds is 9. The van der Waals surface area contributed by atoms with Crippen molar-refractivity contribution in [3.05, 3.63) is 47.5 Å². The third kappa shape index (κ3) is 4.91. The highest BCUT2D eigenvalue weighted by Gasteiger charge is 2.18. The first-order valence-corrected chi connectivity index (χ1v) is 8.27. The monoisotopic (exact) mass is 374 g/mol. The van der Waals surface area contributed by atoms with Crippen LogP contribution in [0, 0.1) is 0 Å². The predicted octanol–water partition coefficient (Wildman–Crippen LogP) is 3.15. The zero-order valence-electron chi connectivity index (χ0n) is 15.7. The van der Waals surface area contributed by atoms with Crippen molar-refractivity contribution in [1.29, 1.82) is 0 Å². The fraction of sp³-hybridized carbons (Fsp3) is 0.300. The smallest absolute Gasteiger partial charge is 0.338 e. The molecule has 2 aromatic carbocycles. The molecule has 0 heterocycles. The molecular formula is C20H22O7. The third-order valence-corrected chi connectivity index (χ3v) is 3.74. The van der Waals surface area contributed by atoms with E-state index in [2.05, 4.69) is 0 Å². The van der Waals surface area contributed by atoms with Crippen LogP contribution in [0.2, 0.25) is 0 Å². The van der Waals surface area contributed by atoms with Gasteiger partial charge in [-0.2, -0.15) is 0 Å². The van der Waals surface area contributed by atoms with Gasteiger partial charge in [0.2, 0.25) is 5.78 Å². The number of methoxy groups -OCH3 is 3. The Morgan fingerprint density at radius 1 is 0.852 bits per heavy atom. The van der Waals surface area contributed by atoms with Gasteiger partial charge in [0.15, 0.2) is 18.1 Å². The molecule has 0 unspecified atom stereocenters. The molecule has 0 aliphatic rings. The van der Waals surface area contributed by atoms with Crippen molar-refractivity contribution >= 4 is 11.8 Å². The Morgan fingerprint density at radius 3 is 2.19 bits per heavy atom. The summed E-state index contributed by atoms with van der Waals surface area (Å²) < 4.78 is 26.0. The summed E-state index contributed by atoms with van der Waals surface area (Å²) in [5.74, 6) is 0.755. The second-order valence-electron chi connectivity index (χ2n) is 5.36. The number of hydrogen-bond donors (Lipinski definition) is 0. The summed E-state index contributed by atoms with van der Waals surface area (Å²) in [5, 5.41) is 0. The Kier molecular flexibility index (Phi) is 7.05. The minimum atomic E-state index is -0.647. The molecule has 0 saturated heterocycles. The van der Waals surface area contributed by atoms with Crippen LogP contribution >= 0.6 is 0 Å². The van der Waals surface area contributed by atoms with E-state index in [0.29, 0.717) is 29.6 Å². The maximum Gasteiger partial charge on any atom is 0.338 e. The van der Waals surface area contributed by atoms with E-state index in [0.717, 1.165) is 0 Å². The van der Waals surface area contributed by atoms with E-state index in [9.17, 15) is 9.59 Å². The average molecular weight is 374 g/mol. The number of ether oxygens (including phenoxy) is 5. The van der Waals surface area contributed by atoms with Gasteiger partial charge in [0.05, 0.1) is 39.1 Å². The number of ketones is 1. The maximum absolute atomic E-state index is 12.4. The minimum Gasteiger partial charge on any atom is -0.497 e. The van der Waals surface area contributed by atoms with E-state index in [-0.39, 0.29) is 11.1 Å². The molecule has 0 amide bonds. The molecule has 0 N–H and O–H groups in total. The highest BCUT2D eigenvalue weighted by molar-refractivity contribution is 6.01. The number of Topliss-reactive ketones (excluding diaryl/α,β-unsaturated/α-hetero) is 1. The molecule has 0 bridgehead atoms. The van der Waals surface area contributed by atoms with Crippen LogP contribution < -0.4 is 18.9 Å². The van der Waals surface area contributed by atoms with Crippen LogP contribution in [0.15, 0.2) is 36.4 Å².